The molecular formula is C15H13ClN2O. The van der Waals surface area contributed by atoms with Crippen molar-refractivity contribution in [2.75, 3.05) is 0 Å². The van der Waals surface area contributed by atoms with Crippen LogP contribution in [0.3, 0.4) is 0 Å². The van der Waals surface area contributed by atoms with Crippen LogP contribution in [0.5, 0.6) is 0 Å². The fraction of sp³-hybridized carbons (Fsp3) is 0.267. The Morgan fingerprint density at radius 2 is 2.21 bits per heavy atom. The topological polar surface area (TPSA) is 49.0 Å². The first-order valence-corrected chi connectivity index (χ1v) is 6.66. The zero-order valence-corrected chi connectivity index (χ0v) is 11.1. The fourth-order valence-corrected chi connectivity index (χ4v) is 2.94. The summed E-state index contributed by atoms with van der Waals surface area (Å²) in [5, 5.41) is 19.4. The number of nitriles is 1. The average molecular weight is 273 g/mol. The van der Waals surface area contributed by atoms with Crippen LogP contribution in [-0.4, -0.2) is 9.67 Å². The largest absolute Gasteiger partial charge is 0.388 e. The summed E-state index contributed by atoms with van der Waals surface area (Å²) in [5.41, 5.74) is 3.52. The molecule has 19 heavy (non-hydrogen) atoms. The van der Waals surface area contributed by atoms with Crippen LogP contribution in [0.2, 0.25) is 5.02 Å². The van der Waals surface area contributed by atoms with Crippen LogP contribution in [0.25, 0.3) is 5.69 Å². The molecule has 1 aliphatic rings. The monoisotopic (exact) mass is 272 g/mol. The lowest BCUT2D eigenvalue weighted by Gasteiger charge is -2.20. The Kier molecular flexibility index (Phi) is 3.06. The fourth-order valence-electron chi connectivity index (χ4n) is 2.66. The molecule has 0 saturated heterocycles. The molecule has 3 rings (SSSR count). The normalized spacial score (nSPS) is 17.8. The standard InChI is InChI=1S/C15H13ClN2O/c16-12-8-10(9-17)4-5-14(12)18-7-6-11-13(18)2-1-3-15(11)19/h4-8,15,19H,1-3H2. The van der Waals surface area contributed by atoms with Gasteiger partial charge in [-0.3, -0.25) is 0 Å². The second-order valence-electron chi connectivity index (χ2n) is 4.77. The molecule has 3 nitrogen and oxygen atoms in total. The Morgan fingerprint density at radius 1 is 1.37 bits per heavy atom. The van der Waals surface area contributed by atoms with E-state index in [1.807, 2.05) is 22.9 Å². The molecule has 1 atom stereocenters. The highest BCUT2D eigenvalue weighted by molar-refractivity contribution is 6.32. The molecule has 1 unspecified atom stereocenters. The van der Waals surface area contributed by atoms with Crippen molar-refractivity contribution in [1.29, 1.82) is 5.26 Å². The molecule has 1 aromatic heterocycles. The maximum Gasteiger partial charge on any atom is 0.0992 e. The molecule has 0 radical (unpaired) electrons. The van der Waals surface area contributed by atoms with Gasteiger partial charge < -0.3 is 9.67 Å². The highest BCUT2D eigenvalue weighted by atomic mass is 35.5. The van der Waals surface area contributed by atoms with Gasteiger partial charge in [0.05, 0.1) is 28.4 Å². The van der Waals surface area contributed by atoms with Gasteiger partial charge in [0.25, 0.3) is 0 Å². The van der Waals surface area contributed by atoms with E-state index in [0.29, 0.717) is 10.6 Å². The molecule has 0 saturated carbocycles. The van der Waals surface area contributed by atoms with Crippen molar-refractivity contribution in [3.8, 4) is 11.8 Å². The van der Waals surface area contributed by atoms with Gasteiger partial charge >= 0.3 is 0 Å². The Bertz CT molecular complexity index is 669. The minimum Gasteiger partial charge on any atom is -0.388 e. The molecule has 1 N–H and O–H groups in total. The summed E-state index contributed by atoms with van der Waals surface area (Å²) in [6, 6.07) is 9.30. The first-order chi connectivity index (χ1) is 9.20. The van der Waals surface area contributed by atoms with E-state index in [2.05, 4.69) is 6.07 Å². The molecular weight excluding hydrogens is 260 g/mol. The SMILES string of the molecule is N#Cc1ccc(-n2ccc3c2CCCC3O)c(Cl)c1. The molecule has 0 spiro atoms. The van der Waals surface area contributed by atoms with Crippen LogP contribution >= 0.6 is 11.6 Å². The molecule has 4 heteroatoms. The van der Waals surface area contributed by atoms with Gasteiger partial charge in [0.15, 0.2) is 0 Å². The Hall–Kier alpha value is -1.76. The molecule has 0 aliphatic heterocycles. The molecule has 1 aliphatic carbocycles. The van der Waals surface area contributed by atoms with Gasteiger partial charge in [0, 0.05) is 17.5 Å². The smallest absolute Gasteiger partial charge is 0.0992 e. The number of aromatic nitrogens is 1. The van der Waals surface area contributed by atoms with Crippen LogP contribution in [0, 0.1) is 11.3 Å². The third-order valence-corrected chi connectivity index (χ3v) is 3.92. The van der Waals surface area contributed by atoms with E-state index in [1.165, 1.54) is 0 Å². The highest BCUT2D eigenvalue weighted by Gasteiger charge is 2.22. The lowest BCUT2D eigenvalue weighted by Crippen LogP contribution is -2.11. The van der Waals surface area contributed by atoms with Crippen LogP contribution in [0.15, 0.2) is 30.5 Å². The number of rotatable bonds is 1. The Morgan fingerprint density at radius 3 is 2.95 bits per heavy atom. The zero-order chi connectivity index (χ0) is 13.4. The zero-order valence-electron chi connectivity index (χ0n) is 10.3. The van der Waals surface area contributed by atoms with E-state index in [9.17, 15) is 5.11 Å². The van der Waals surface area contributed by atoms with Crippen LogP contribution < -0.4 is 0 Å². The van der Waals surface area contributed by atoms with Crippen molar-refractivity contribution in [2.24, 2.45) is 0 Å². The van der Waals surface area contributed by atoms with Gasteiger partial charge in [0.2, 0.25) is 0 Å². The minimum atomic E-state index is -0.373. The van der Waals surface area contributed by atoms with E-state index in [0.717, 1.165) is 36.2 Å². The number of fused-ring (bicyclic) bond motifs is 1. The summed E-state index contributed by atoms with van der Waals surface area (Å²) in [7, 11) is 0. The Labute approximate surface area is 116 Å². The average Bonchev–Trinajstić information content (AvgIpc) is 2.84. The van der Waals surface area contributed by atoms with Gasteiger partial charge in [-0.2, -0.15) is 5.26 Å². The summed E-state index contributed by atoms with van der Waals surface area (Å²) >= 11 is 6.24. The van der Waals surface area contributed by atoms with Gasteiger partial charge in [-0.15, -0.1) is 0 Å². The van der Waals surface area contributed by atoms with Crippen molar-refractivity contribution < 1.29 is 5.11 Å². The van der Waals surface area contributed by atoms with Crippen LogP contribution in [0.1, 0.15) is 35.8 Å². The van der Waals surface area contributed by atoms with E-state index in [-0.39, 0.29) is 6.10 Å². The summed E-state index contributed by atoms with van der Waals surface area (Å²) in [6.45, 7) is 0. The third kappa shape index (κ3) is 2.03. The van der Waals surface area contributed by atoms with Gasteiger partial charge in [-0.05, 0) is 43.5 Å². The predicted molar refractivity (Wildman–Crippen MR) is 73.4 cm³/mol. The third-order valence-electron chi connectivity index (χ3n) is 3.61. The van der Waals surface area contributed by atoms with Gasteiger partial charge in [-0.1, -0.05) is 11.6 Å². The minimum absolute atomic E-state index is 0.373. The highest BCUT2D eigenvalue weighted by Crippen LogP contribution is 2.33. The molecule has 0 amide bonds. The second-order valence-corrected chi connectivity index (χ2v) is 5.18. The van der Waals surface area contributed by atoms with Gasteiger partial charge in [-0.25, -0.2) is 0 Å². The number of nitrogens with zero attached hydrogens (tertiary/aromatic N) is 2. The Balaban J connectivity index is 2.11. The first-order valence-electron chi connectivity index (χ1n) is 6.29. The lowest BCUT2D eigenvalue weighted by atomic mass is 9.95. The molecule has 0 fully saturated rings. The van der Waals surface area contributed by atoms with Crippen molar-refractivity contribution in [3.63, 3.8) is 0 Å². The van der Waals surface area contributed by atoms with Crippen molar-refractivity contribution >= 4 is 11.6 Å². The quantitative estimate of drug-likeness (QED) is 0.865. The first kappa shape index (κ1) is 12.3. The summed E-state index contributed by atoms with van der Waals surface area (Å²) in [4.78, 5) is 0. The predicted octanol–water partition coefficient (Wildman–Crippen LogP) is 3.37. The van der Waals surface area contributed by atoms with E-state index in [4.69, 9.17) is 16.9 Å². The molecule has 1 heterocycles. The van der Waals surface area contributed by atoms with Crippen LogP contribution in [-0.2, 0) is 6.42 Å². The van der Waals surface area contributed by atoms with E-state index < -0.39 is 0 Å². The molecule has 0 bridgehead atoms. The van der Waals surface area contributed by atoms with Crippen molar-refractivity contribution in [3.05, 3.63) is 52.3 Å². The number of aliphatic hydroxyl groups is 1. The molecule has 2 aromatic rings. The van der Waals surface area contributed by atoms with E-state index >= 15 is 0 Å². The molecule has 96 valence electrons. The summed E-state index contributed by atoms with van der Waals surface area (Å²) < 4.78 is 2.02. The van der Waals surface area contributed by atoms with Gasteiger partial charge in [0.1, 0.15) is 0 Å². The second kappa shape index (κ2) is 4.73. The van der Waals surface area contributed by atoms with Crippen molar-refractivity contribution in [1.82, 2.24) is 4.57 Å². The maximum absolute atomic E-state index is 9.98. The van der Waals surface area contributed by atoms with Crippen LogP contribution in [0.4, 0.5) is 0 Å². The summed E-state index contributed by atoms with van der Waals surface area (Å²) in [5.74, 6) is 0. The number of hydrogen-bond donors (Lipinski definition) is 1. The number of hydrogen-bond acceptors (Lipinski definition) is 2. The van der Waals surface area contributed by atoms with Crippen molar-refractivity contribution in [2.45, 2.75) is 25.4 Å². The number of benzene rings is 1. The summed E-state index contributed by atoms with van der Waals surface area (Å²) in [6.07, 6.45) is 4.30. The van der Waals surface area contributed by atoms with E-state index in [1.54, 1.807) is 12.1 Å². The maximum atomic E-state index is 9.98. The number of halogens is 1. The molecule has 1 aromatic carbocycles. The lowest BCUT2D eigenvalue weighted by molar-refractivity contribution is 0.156. The number of aliphatic hydroxyl groups excluding tert-OH is 1.